The predicted molar refractivity (Wildman–Crippen MR) is 94.5 cm³/mol. The van der Waals surface area contributed by atoms with Crippen LogP contribution in [0.3, 0.4) is 0 Å². The number of aliphatic carboxylic acids is 1. The summed E-state index contributed by atoms with van der Waals surface area (Å²) in [5.74, 6) is -1.58. The van der Waals surface area contributed by atoms with Gasteiger partial charge in [0, 0.05) is 13.1 Å². The Balaban J connectivity index is 2.31. The Morgan fingerprint density at radius 2 is 1.81 bits per heavy atom. The molecule has 144 valence electrons. The van der Waals surface area contributed by atoms with Crippen LogP contribution in [0.15, 0.2) is 30.3 Å². The molecule has 0 unspecified atom stereocenters. The fraction of sp³-hybridized carbons (Fsp3) is 0.500. The van der Waals surface area contributed by atoms with Crippen molar-refractivity contribution < 1.29 is 29.0 Å². The highest BCUT2D eigenvalue weighted by Crippen LogP contribution is 2.07. The van der Waals surface area contributed by atoms with Crippen molar-refractivity contribution in [1.29, 1.82) is 0 Å². The number of carbonyl (C=O) groups is 3. The predicted octanol–water partition coefficient (Wildman–Crippen LogP) is 1.69. The summed E-state index contributed by atoms with van der Waals surface area (Å²) in [7, 11) is 0. The second kappa shape index (κ2) is 10.4. The lowest BCUT2D eigenvalue weighted by atomic mass is 10.2. The third-order valence-electron chi connectivity index (χ3n) is 3.08. The maximum atomic E-state index is 11.7. The average Bonchev–Trinajstić information content (AvgIpc) is 2.55. The number of carboxylic acid groups (broad SMARTS) is 1. The number of benzene rings is 1. The van der Waals surface area contributed by atoms with E-state index < -0.39 is 23.7 Å². The van der Waals surface area contributed by atoms with Gasteiger partial charge >= 0.3 is 18.0 Å². The van der Waals surface area contributed by atoms with E-state index in [2.05, 4.69) is 10.6 Å². The van der Waals surface area contributed by atoms with E-state index in [0.29, 0.717) is 0 Å². The number of carbonyl (C=O) groups excluding carboxylic acids is 2. The van der Waals surface area contributed by atoms with Gasteiger partial charge in [0.15, 0.2) is 0 Å². The Morgan fingerprint density at radius 3 is 2.38 bits per heavy atom. The lowest BCUT2D eigenvalue weighted by Crippen LogP contribution is -2.47. The monoisotopic (exact) mass is 366 g/mol. The molecule has 26 heavy (non-hydrogen) atoms. The molecule has 0 aliphatic rings. The largest absolute Gasteiger partial charge is 0.480 e. The normalized spacial score (nSPS) is 12.1. The first-order chi connectivity index (χ1) is 12.2. The van der Waals surface area contributed by atoms with Crippen LogP contribution in [0.4, 0.5) is 4.79 Å². The molecule has 0 saturated carbocycles. The fourth-order valence-corrected chi connectivity index (χ4v) is 1.94. The van der Waals surface area contributed by atoms with Crippen molar-refractivity contribution >= 4 is 18.0 Å². The van der Waals surface area contributed by atoms with Gasteiger partial charge in [-0.05, 0) is 26.3 Å². The second-order valence-corrected chi connectivity index (χ2v) is 6.64. The summed E-state index contributed by atoms with van der Waals surface area (Å²) < 4.78 is 10.1. The summed E-state index contributed by atoms with van der Waals surface area (Å²) in [5.41, 5.74) is 0.232. The highest BCUT2D eigenvalue weighted by atomic mass is 16.6. The lowest BCUT2D eigenvalue weighted by Gasteiger charge is -2.20. The van der Waals surface area contributed by atoms with Crippen LogP contribution >= 0.6 is 0 Å². The smallest absolute Gasteiger partial charge is 0.408 e. The van der Waals surface area contributed by atoms with E-state index in [1.165, 1.54) is 0 Å². The molecular formula is C18H26N2O6. The standard InChI is InChI=1S/C18H26N2O6/c1-18(2,3)26-15(21)9-10-19-11-14(16(22)23)20-17(24)25-12-13-7-5-4-6-8-13/h4-8,14,19H,9-12H2,1-3H3,(H,20,24)(H,22,23)/t14-/m1/s1. The number of alkyl carbamates (subject to hydrolysis) is 1. The summed E-state index contributed by atoms with van der Waals surface area (Å²) in [6.07, 6.45) is -0.725. The van der Waals surface area contributed by atoms with E-state index in [1.54, 1.807) is 32.9 Å². The number of hydrogen-bond acceptors (Lipinski definition) is 6. The van der Waals surface area contributed by atoms with Crippen molar-refractivity contribution in [2.45, 2.75) is 45.4 Å². The van der Waals surface area contributed by atoms with Crippen LogP contribution in [0, 0.1) is 0 Å². The van der Waals surface area contributed by atoms with Gasteiger partial charge in [0.05, 0.1) is 6.42 Å². The first kappa shape index (κ1) is 21.4. The van der Waals surface area contributed by atoms with Gasteiger partial charge in [-0.2, -0.15) is 0 Å². The van der Waals surface area contributed by atoms with Crippen LogP contribution < -0.4 is 10.6 Å². The number of hydrogen-bond donors (Lipinski definition) is 3. The molecule has 1 aromatic rings. The lowest BCUT2D eigenvalue weighted by molar-refractivity contribution is -0.154. The Hall–Kier alpha value is -2.61. The average molecular weight is 366 g/mol. The van der Waals surface area contributed by atoms with Crippen LogP contribution in [-0.4, -0.2) is 47.9 Å². The zero-order valence-corrected chi connectivity index (χ0v) is 15.3. The van der Waals surface area contributed by atoms with Crippen LogP contribution in [0.1, 0.15) is 32.8 Å². The first-order valence-corrected chi connectivity index (χ1v) is 8.30. The van der Waals surface area contributed by atoms with Crippen LogP contribution in [0.25, 0.3) is 0 Å². The molecule has 0 aliphatic heterocycles. The molecule has 0 heterocycles. The number of carboxylic acids is 1. The van der Waals surface area contributed by atoms with Gasteiger partial charge in [0.2, 0.25) is 0 Å². The molecule has 1 amide bonds. The number of rotatable bonds is 9. The summed E-state index contributed by atoms with van der Waals surface area (Å²) in [4.78, 5) is 34.5. The van der Waals surface area contributed by atoms with Crippen molar-refractivity contribution in [1.82, 2.24) is 10.6 Å². The molecule has 1 atom stereocenters. The van der Waals surface area contributed by atoms with Crippen molar-refractivity contribution in [3.8, 4) is 0 Å². The molecule has 0 aromatic heterocycles. The van der Waals surface area contributed by atoms with E-state index >= 15 is 0 Å². The third-order valence-corrected chi connectivity index (χ3v) is 3.08. The van der Waals surface area contributed by atoms with E-state index in [9.17, 15) is 14.4 Å². The number of ether oxygens (including phenoxy) is 2. The van der Waals surface area contributed by atoms with E-state index in [0.717, 1.165) is 5.56 Å². The van der Waals surface area contributed by atoms with Gasteiger partial charge in [-0.1, -0.05) is 30.3 Å². The summed E-state index contributed by atoms with van der Waals surface area (Å²) in [6.45, 7) is 5.54. The van der Waals surface area contributed by atoms with E-state index in [4.69, 9.17) is 14.6 Å². The van der Waals surface area contributed by atoms with Gasteiger partial charge < -0.3 is 25.2 Å². The van der Waals surface area contributed by atoms with Gasteiger partial charge in [-0.15, -0.1) is 0 Å². The maximum Gasteiger partial charge on any atom is 0.408 e. The topological polar surface area (TPSA) is 114 Å². The molecule has 0 saturated heterocycles. The summed E-state index contributed by atoms with van der Waals surface area (Å²) in [6, 6.07) is 7.88. The van der Waals surface area contributed by atoms with Crippen molar-refractivity contribution in [2.75, 3.05) is 13.1 Å². The molecule has 8 heteroatoms. The molecule has 0 aliphatic carbocycles. The maximum absolute atomic E-state index is 11.7. The van der Waals surface area contributed by atoms with Crippen LogP contribution in [0.2, 0.25) is 0 Å². The Kier molecular flexibility index (Phi) is 8.57. The Morgan fingerprint density at radius 1 is 1.15 bits per heavy atom. The zero-order chi connectivity index (χ0) is 19.6. The fourth-order valence-electron chi connectivity index (χ4n) is 1.94. The van der Waals surface area contributed by atoms with E-state index in [1.807, 2.05) is 18.2 Å². The van der Waals surface area contributed by atoms with E-state index in [-0.39, 0.29) is 32.1 Å². The summed E-state index contributed by atoms with van der Waals surface area (Å²) in [5, 5.41) is 14.3. The zero-order valence-electron chi connectivity index (χ0n) is 15.3. The van der Waals surface area contributed by atoms with Crippen molar-refractivity contribution in [3.05, 3.63) is 35.9 Å². The van der Waals surface area contributed by atoms with Gasteiger partial charge in [0.1, 0.15) is 18.2 Å². The first-order valence-electron chi connectivity index (χ1n) is 8.30. The third kappa shape index (κ3) is 9.63. The highest BCUT2D eigenvalue weighted by molar-refractivity contribution is 5.80. The van der Waals surface area contributed by atoms with Crippen molar-refractivity contribution in [2.24, 2.45) is 0 Å². The molecule has 0 bridgehead atoms. The molecular weight excluding hydrogens is 340 g/mol. The minimum atomic E-state index is -1.20. The van der Waals surface area contributed by atoms with Gasteiger partial charge in [0.25, 0.3) is 0 Å². The molecule has 0 fully saturated rings. The molecule has 1 aromatic carbocycles. The summed E-state index contributed by atoms with van der Waals surface area (Å²) >= 11 is 0. The Labute approximate surface area is 152 Å². The van der Waals surface area contributed by atoms with Crippen LogP contribution in [-0.2, 0) is 25.7 Å². The second-order valence-electron chi connectivity index (χ2n) is 6.64. The van der Waals surface area contributed by atoms with Gasteiger partial charge in [-0.3, -0.25) is 4.79 Å². The minimum absolute atomic E-state index is 0.0431. The highest BCUT2D eigenvalue weighted by Gasteiger charge is 2.21. The van der Waals surface area contributed by atoms with Crippen LogP contribution in [0.5, 0.6) is 0 Å². The SMILES string of the molecule is CC(C)(C)OC(=O)CCNC[C@@H](NC(=O)OCc1ccccc1)C(=O)O. The Bertz CT molecular complexity index is 597. The number of nitrogens with one attached hydrogen (secondary N) is 2. The molecule has 3 N–H and O–H groups in total. The molecule has 1 rings (SSSR count). The van der Waals surface area contributed by atoms with Gasteiger partial charge in [-0.25, -0.2) is 9.59 Å². The minimum Gasteiger partial charge on any atom is -0.480 e. The molecule has 8 nitrogen and oxygen atoms in total. The quantitative estimate of drug-likeness (QED) is 0.450. The van der Waals surface area contributed by atoms with Crippen molar-refractivity contribution in [3.63, 3.8) is 0 Å². The molecule has 0 spiro atoms. The molecule has 0 radical (unpaired) electrons. The number of esters is 1. The number of amides is 1.